The topological polar surface area (TPSA) is 68.8 Å². The Bertz CT molecular complexity index is 658. The first-order chi connectivity index (χ1) is 13.1. The van der Waals surface area contributed by atoms with E-state index in [4.69, 9.17) is 0 Å². The van der Waals surface area contributed by atoms with Crippen molar-refractivity contribution in [2.45, 2.75) is 45.2 Å². The number of nitrogens with one attached hydrogen (secondary N) is 1. The second-order valence-corrected chi connectivity index (χ2v) is 7.49. The molecule has 1 aromatic heterocycles. The Kier molecular flexibility index (Phi) is 6.66. The molecule has 1 atom stereocenters. The molecule has 3 heterocycles. The standard InChI is InChI=1S/C20H31N5O2/c1-3-6-18(26)25-10-5-8-17(25)20(27)22-15-16-7-4-9-21-19(16)24-13-11-23(2)12-14-24/h4,7,9,17H,3,5-6,8,10-15H2,1-2H3,(H,22,27). The highest BCUT2D eigenvalue weighted by Crippen LogP contribution is 2.21. The monoisotopic (exact) mass is 373 g/mol. The summed E-state index contributed by atoms with van der Waals surface area (Å²) in [6.07, 6.45) is 4.78. The van der Waals surface area contributed by atoms with Gasteiger partial charge in [-0.1, -0.05) is 13.0 Å². The maximum atomic E-state index is 12.7. The van der Waals surface area contributed by atoms with E-state index in [0.29, 0.717) is 19.5 Å². The Morgan fingerprint density at radius 2 is 2.00 bits per heavy atom. The minimum atomic E-state index is -0.326. The van der Waals surface area contributed by atoms with E-state index in [0.717, 1.165) is 56.8 Å². The predicted molar refractivity (Wildman–Crippen MR) is 105 cm³/mol. The Balaban J connectivity index is 1.61. The Labute approximate surface area is 161 Å². The van der Waals surface area contributed by atoms with Crippen LogP contribution >= 0.6 is 0 Å². The lowest BCUT2D eigenvalue weighted by atomic mass is 10.1. The van der Waals surface area contributed by atoms with Gasteiger partial charge in [0.2, 0.25) is 11.8 Å². The number of rotatable bonds is 6. The van der Waals surface area contributed by atoms with Gasteiger partial charge in [0.15, 0.2) is 0 Å². The zero-order chi connectivity index (χ0) is 19.2. The van der Waals surface area contributed by atoms with Crippen LogP contribution in [-0.4, -0.2) is 72.4 Å². The van der Waals surface area contributed by atoms with Crippen LogP contribution in [0.3, 0.4) is 0 Å². The maximum absolute atomic E-state index is 12.7. The molecule has 0 bridgehead atoms. The largest absolute Gasteiger partial charge is 0.354 e. The molecule has 2 saturated heterocycles. The molecule has 1 N–H and O–H groups in total. The number of carbonyl (C=O) groups excluding carboxylic acids is 2. The van der Waals surface area contributed by atoms with Crippen LogP contribution in [0.15, 0.2) is 18.3 Å². The summed E-state index contributed by atoms with van der Waals surface area (Å²) in [5.41, 5.74) is 1.03. The molecule has 7 nitrogen and oxygen atoms in total. The molecule has 0 saturated carbocycles. The van der Waals surface area contributed by atoms with Crippen LogP contribution in [0.4, 0.5) is 5.82 Å². The molecule has 2 aliphatic rings. The molecule has 3 rings (SSSR count). The minimum Gasteiger partial charge on any atom is -0.354 e. The van der Waals surface area contributed by atoms with Gasteiger partial charge in [0.05, 0.1) is 0 Å². The van der Waals surface area contributed by atoms with Crippen molar-refractivity contribution in [1.82, 2.24) is 20.1 Å². The average Bonchev–Trinajstić information content (AvgIpc) is 3.17. The van der Waals surface area contributed by atoms with Gasteiger partial charge in [0.1, 0.15) is 11.9 Å². The van der Waals surface area contributed by atoms with E-state index in [-0.39, 0.29) is 17.9 Å². The molecule has 0 aromatic carbocycles. The van der Waals surface area contributed by atoms with Gasteiger partial charge in [-0.05, 0) is 32.4 Å². The van der Waals surface area contributed by atoms with E-state index >= 15 is 0 Å². The molecule has 0 radical (unpaired) electrons. The number of likely N-dealkylation sites (N-methyl/N-ethyl adjacent to an activating group) is 1. The summed E-state index contributed by atoms with van der Waals surface area (Å²) in [5, 5.41) is 3.05. The number of carbonyl (C=O) groups is 2. The molecule has 2 aliphatic heterocycles. The summed E-state index contributed by atoms with van der Waals surface area (Å²) in [6, 6.07) is 3.61. The van der Waals surface area contributed by atoms with Crippen LogP contribution in [0, 0.1) is 0 Å². The van der Waals surface area contributed by atoms with Crippen molar-refractivity contribution >= 4 is 17.6 Å². The number of pyridine rings is 1. The molecule has 1 unspecified atom stereocenters. The highest BCUT2D eigenvalue weighted by Gasteiger charge is 2.33. The van der Waals surface area contributed by atoms with E-state index in [1.54, 1.807) is 11.1 Å². The molecule has 148 valence electrons. The van der Waals surface area contributed by atoms with E-state index in [1.165, 1.54) is 0 Å². The number of likely N-dealkylation sites (tertiary alicyclic amines) is 1. The zero-order valence-corrected chi connectivity index (χ0v) is 16.5. The summed E-state index contributed by atoms with van der Waals surface area (Å²) in [4.78, 5) is 35.9. The van der Waals surface area contributed by atoms with E-state index in [2.05, 4.69) is 27.1 Å². The van der Waals surface area contributed by atoms with Crippen LogP contribution in [0.25, 0.3) is 0 Å². The number of hydrogen-bond acceptors (Lipinski definition) is 5. The lowest BCUT2D eigenvalue weighted by Crippen LogP contribution is -2.46. The lowest BCUT2D eigenvalue weighted by molar-refractivity contribution is -0.138. The van der Waals surface area contributed by atoms with E-state index < -0.39 is 0 Å². The van der Waals surface area contributed by atoms with Gasteiger partial charge in [-0.25, -0.2) is 4.98 Å². The number of nitrogens with zero attached hydrogens (tertiary/aromatic N) is 4. The first-order valence-electron chi connectivity index (χ1n) is 10.0. The predicted octanol–water partition coefficient (Wildman–Crippen LogP) is 1.24. The molecule has 0 spiro atoms. The first kappa shape index (κ1) is 19.6. The van der Waals surface area contributed by atoms with E-state index in [1.807, 2.05) is 19.1 Å². The van der Waals surface area contributed by atoms with Gasteiger partial charge in [-0.2, -0.15) is 0 Å². The van der Waals surface area contributed by atoms with Gasteiger partial charge in [-0.15, -0.1) is 0 Å². The highest BCUT2D eigenvalue weighted by atomic mass is 16.2. The van der Waals surface area contributed by atoms with Crippen molar-refractivity contribution in [3.63, 3.8) is 0 Å². The maximum Gasteiger partial charge on any atom is 0.243 e. The second kappa shape index (κ2) is 9.17. The Morgan fingerprint density at radius 3 is 2.74 bits per heavy atom. The summed E-state index contributed by atoms with van der Waals surface area (Å²) in [5.74, 6) is 0.996. The summed E-state index contributed by atoms with van der Waals surface area (Å²) >= 11 is 0. The highest BCUT2D eigenvalue weighted by molar-refractivity contribution is 5.88. The SMILES string of the molecule is CCCC(=O)N1CCCC1C(=O)NCc1cccnc1N1CCN(C)CC1. The molecule has 2 fully saturated rings. The quantitative estimate of drug-likeness (QED) is 0.813. The normalized spacial score (nSPS) is 20.7. The smallest absolute Gasteiger partial charge is 0.243 e. The molecular weight excluding hydrogens is 342 g/mol. The average molecular weight is 374 g/mol. The number of aromatic nitrogens is 1. The van der Waals surface area contributed by atoms with Crippen LogP contribution in [0.5, 0.6) is 0 Å². The molecule has 1 aromatic rings. The van der Waals surface area contributed by atoms with Crippen molar-refractivity contribution < 1.29 is 9.59 Å². The number of piperazine rings is 1. The third kappa shape index (κ3) is 4.77. The van der Waals surface area contributed by atoms with Gasteiger partial charge in [0.25, 0.3) is 0 Å². The summed E-state index contributed by atoms with van der Waals surface area (Å²) < 4.78 is 0. The van der Waals surface area contributed by atoms with Crippen molar-refractivity contribution in [2.24, 2.45) is 0 Å². The number of hydrogen-bond donors (Lipinski definition) is 1. The fraction of sp³-hybridized carbons (Fsp3) is 0.650. The fourth-order valence-corrected chi connectivity index (χ4v) is 3.87. The van der Waals surface area contributed by atoms with Gasteiger partial charge >= 0.3 is 0 Å². The third-order valence-corrected chi connectivity index (χ3v) is 5.46. The van der Waals surface area contributed by atoms with Crippen LogP contribution in [0.2, 0.25) is 0 Å². The first-order valence-corrected chi connectivity index (χ1v) is 10.0. The molecule has 2 amide bonds. The molecular formula is C20H31N5O2. The molecule has 0 aliphatic carbocycles. The van der Waals surface area contributed by atoms with E-state index in [9.17, 15) is 9.59 Å². The lowest BCUT2D eigenvalue weighted by Gasteiger charge is -2.34. The van der Waals surface area contributed by atoms with Crippen molar-refractivity contribution in [3.05, 3.63) is 23.9 Å². The van der Waals surface area contributed by atoms with Crippen LogP contribution in [0.1, 0.15) is 38.2 Å². The van der Waals surface area contributed by atoms with Crippen LogP contribution < -0.4 is 10.2 Å². The van der Waals surface area contributed by atoms with Crippen LogP contribution in [-0.2, 0) is 16.1 Å². The summed E-state index contributed by atoms with van der Waals surface area (Å²) in [6.45, 7) is 7.03. The van der Waals surface area contributed by atoms with Crippen molar-refractivity contribution in [1.29, 1.82) is 0 Å². The summed E-state index contributed by atoms with van der Waals surface area (Å²) in [7, 11) is 2.13. The zero-order valence-electron chi connectivity index (χ0n) is 16.5. The Morgan fingerprint density at radius 1 is 1.22 bits per heavy atom. The number of amides is 2. The fourth-order valence-electron chi connectivity index (χ4n) is 3.87. The Hall–Kier alpha value is -2.15. The van der Waals surface area contributed by atoms with Crippen molar-refractivity contribution in [3.8, 4) is 0 Å². The van der Waals surface area contributed by atoms with Gasteiger partial charge in [-0.3, -0.25) is 9.59 Å². The van der Waals surface area contributed by atoms with Gasteiger partial charge < -0.3 is 20.0 Å². The minimum absolute atomic E-state index is 0.0508. The van der Waals surface area contributed by atoms with Gasteiger partial charge in [0, 0.05) is 57.4 Å². The third-order valence-electron chi connectivity index (χ3n) is 5.46. The van der Waals surface area contributed by atoms with Crippen molar-refractivity contribution in [2.75, 3.05) is 44.7 Å². The molecule has 7 heteroatoms. The molecule has 27 heavy (non-hydrogen) atoms. The number of anilines is 1. The second-order valence-electron chi connectivity index (χ2n) is 7.49.